The molecule has 3 aromatic rings. The van der Waals surface area contributed by atoms with Crippen molar-refractivity contribution in [3.05, 3.63) is 70.6 Å². The van der Waals surface area contributed by atoms with E-state index in [0.717, 1.165) is 5.56 Å². The van der Waals surface area contributed by atoms with E-state index in [4.69, 9.17) is 13.9 Å². The lowest BCUT2D eigenvalue weighted by Crippen LogP contribution is -2.17. The molecule has 0 N–H and O–H groups in total. The summed E-state index contributed by atoms with van der Waals surface area (Å²) in [5.41, 5.74) is 0.695. The van der Waals surface area contributed by atoms with Gasteiger partial charge in [0.25, 0.3) is 11.6 Å². The zero-order valence-corrected chi connectivity index (χ0v) is 14.3. The first-order valence-corrected chi connectivity index (χ1v) is 7.98. The molecule has 0 saturated carbocycles. The smallest absolute Gasteiger partial charge is 0.344 e. The quantitative estimate of drug-likeness (QED) is 0.353. The zero-order chi connectivity index (χ0) is 19.2. The van der Waals surface area contributed by atoms with Gasteiger partial charge in [-0.15, -0.1) is 10.2 Å². The number of ether oxygens (including phenoxy) is 2. The van der Waals surface area contributed by atoms with Gasteiger partial charge in [0.2, 0.25) is 5.89 Å². The van der Waals surface area contributed by atoms with E-state index >= 15 is 0 Å². The van der Waals surface area contributed by atoms with E-state index in [-0.39, 0.29) is 18.2 Å². The van der Waals surface area contributed by atoms with Crippen LogP contribution < -0.4 is 4.74 Å². The van der Waals surface area contributed by atoms with Crippen LogP contribution in [0.2, 0.25) is 0 Å². The summed E-state index contributed by atoms with van der Waals surface area (Å²) < 4.78 is 16.0. The number of nitro benzene ring substituents is 1. The molecule has 0 radical (unpaired) electrons. The lowest BCUT2D eigenvalue weighted by molar-refractivity contribution is -0.384. The van der Waals surface area contributed by atoms with Gasteiger partial charge in [-0.2, -0.15) is 0 Å². The molecule has 0 aliphatic heterocycles. The maximum atomic E-state index is 11.9. The molecular weight excluding hydrogens is 354 g/mol. The largest absolute Gasteiger partial charge is 0.482 e. The molecule has 0 saturated heterocycles. The van der Waals surface area contributed by atoms with Crippen LogP contribution in [0.25, 0.3) is 11.5 Å². The first-order valence-electron chi connectivity index (χ1n) is 7.98. The van der Waals surface area contributed by atoms with Crippen molar-refractivity contribution in [3.8, 4) is 17.2 Å². The van der Waals surface area contributed by atoms with Gasteiger partial charge in [0.1, 0.15) is 5.75 Å². The predicted octanol–water partition coefficient (Wildman–Crippen LogP) is 3.33. The average Bonchev–Trinajstić information content (AvgIpc) is 3.18. The van der Waals surface area contributed by atoms with Crippen LogP contribution >= 0.6 is 0 Å². The van der Waals surface area contributed by atoms with Gasteiger partial charge in [-0.25, -0.2) is 4.79 Å². The molecular formula is C18H15N3O6. The number of carbonyl (C=O) groups is 1. The van der Waals surface area contributed by atoms with Crippen molar-refractivity contribution >= 4 is 11.7 Å². The number of carbonyl (C=O) groups excluding carboxylic acids is 1. The first-order chi connectivity index (χ1) is 13.0. The number of aromatic nitrogens is 2. The second kappa shape index (κ2) is 8.09. The van der Waals surface area contributed by atoms with Crippen molar-refractivity contribution in [2.45, 2.75) is 13.0 Å². The minimum absolute atomic E-state index is 0.0656. The maximum absolute atomic E-state index is 11.9. The Morgan fingerprint density at radius 1 is 1.15 bits per heavy atom. The molecule has 0 fully saturated rings. The third kappa shape index (κ3) is 4.66. The molecule has 0 spiro atoms. The second-order valence-electron chi connectivity index (χ2n) is 5.48. The van der Waals surface area contributed by atoms with Crippen LogP contribution in [0, 0.1) is 10.1 Å². The van der Waals surface area contributed by atoms with Crippen molar-refractivity contribution in [2.75, 3.05) is 6.61 Å². The highest BCUT2D eigenvalue weighted by Crippen LogP contribution is 2.22. The van der Waals surface area contributed by atoms with E-state index in [1.54, 1.807) is 6.92 Å². The Kier molecular flexibility index (Phi) is 5.41. The van der Waals surface area contributed by atoms with Crippen LogP contribution in [0.5, 0.6) is 5.75 Å². The Balaban J connectivity index is 1.53. The summed E-state index contributed by atoms with van der Waals surface area (Å²) in [6, 6.07) is 14.6. The van der Waals surface area contributed by atoms with Crippen LogP contribution in [0.3, 0.4) is 0 Å². The molecule has 9 heteroatoms. The highest BCUT2D eigenvalue weighted by atomic mass is 16.6. The summed E-state index contributed by atoms with van der Waals surface area (Å²) in [6.07, 6.45) is -0.747. The van der Waals surface area contributed by atoms with E-state index in [9.17, 15) is 14.9 Å². The summed E-state index contributed by atoms with van der Waals surface area (Å²) in [5.74, 6) is 0.169. The average molecular weight is 369 g/mol. The summed E-state index contributed by atoms with van der Waals surface area (Å²) >= 11 is 0. The number of esters is 1. The zero-order valence-electron chi connectivity index (χ0n) is 14.3. The number of non-ortho nitro benzene ring substituents is 1. The van der Waals surface area contributed by atoms with E-state index in [2.05, 4.69) is 10.2 Å². The summed E-state index contributed by atoms with van der Waals surface area (Å²) in [4.78, 5) is 22.0. The van der Waals surface area contributed by atoms with E-state index in [0.29, 0.717) is 11.6 Å². The Morgan fingerprint density at radius 3 is 2.52 bits per heavy atom. The van der Waals surface area contributed by atoms with Crippen molar-refractivity contribution in [1.29, 1.82) is 0 Å². The Morgan fingerprint density at radius 2 is 1.85 bits per heavy atom. The summed E-state index contributed by atoms with van der Waals surface area (Å²) in [7, 11) is 0. The monoisotopic (exact) mass is 369 g/mol. The molecule has 3 rings (SSSR count). The third-order valence-corrected chi connectivity index (χ3v) is 3.52. The molecule has 1 atom stereocenters. The topological polar surface area (TPSA) is 118 Å². The Bertz CT molecular complexity index is 924. The predicted molar refractivity (Wildman–Crippen MR) is 92.8 cm³/mol. The molecule has 0 aliphatic rings. The van der Waals surface area contributed by atoms with Crippen molar-refractivity contribution in [1.82, 2.24) is 10.2 Å². The molecule has 27 heavy (non-hydrogen) atoms. The normalized spacial score (nSPS) is 11.6. The van der Waals surface area contributed by atoms with Gasteiger partial charge in [0.05, 0.1) is 4.92 Å². The molecule has 0 bridgehead atoms. The molecule has 0 aliphatic carbocycles. The number of nitrogens with zero attached hydrogens (tertiary/aromatic N) is 3. The van der Waals surface area contributed by atoms with Crippen molar-refractivity contribution in [2.24, 2.45) is 0 Å². The highest BCUT2D eigenvalue weighted by molar-refractivity contribution is 5.71. The maximum Gasteiger partial charge on any atom is 0.344 e. The molecule has 0 unspecified atom stereocenters. The minimum atomic E-state index is -0.747. The number of nitro groups is 1. The number of hydrogen-bond acceptors (Lipinski definition) is 8. The fraction of sp³-hybridized carbons (Fsp3) is 0.167. The number of hydrogen-bond donors (Lipinski definition) is 0. The highest BCUT2D eigenvalue weighted by Gasteiger charge is 2.19. The second-order valence-corrected chi connectivity index (χ2v) is 5.48. The standard InChI is InChI=1S/C18H15N3O6/c1-12(17-19-20-18(27-17)13-5-3-2-4-6-13)26-16(22)11-25-15-9-7-14(8-10-15)21(23)24/h2-10,12H,11H2,1H3/t12-/m1/s1. The fourth-order valence-corrected chi connectivity index (χ4v) is 2.18. The minimum Gasteiger partial charge on any atom is -0.482 e. The van der Waals surface area contributed by atoms with E-state index in [1.165, 1.54) is 24.3 Å². The lowest BCUT2D eigenvalue weighted by atomic mass is 10.2. The van der Waals surface area contributed by atoms with Gasteiger partial charge in [0, 0.05) is 17.7 Å². The van der Waals surface area contributed by atoms with Gasteiger partial charge in [-0.3, -0.25) is 10.1 Å². The Labute approximate surface area is 153 Å². The van der Waals surface area contributed by atoms with Crippen LogP contribution in [0.4, 0.5) is 5.69 Å². The Hall–Kier alpha value is -3.75. The summed E-state index contributed by atoms with van der Waals surface area (Å²) in [5, 5.41) is 18.4. The van der Waals surface area contributed by atoms with Crippen LogP contribution in [0.15, 0.2) is 59.0 Å². The van der Waals surface area contributed by atoms with Gasteiger partial charge >= 0.3 is 5.97 Å². The molecule has 1 aromatic heterocycles. The lowest BCUT2D eigenvalue weighted by Gasteiger charge is -2.10. The number of rotatable bonds is 7. The van der Waals surface area contributed by atoms with Gasteiger partial charge in [0.15, 0.2) is 12.7 Å². The summed E-state index contributed by atoms with van der Waals surface area (Å²) in [6.45, 7) is 1.24. The van der Waals surface area contributed by atoms with Gasteiger partial charge in [-0.05, 0) is 31.2 Å². The molecule has 9 nitrogen and oxygen atoms in total. The van der Waals surface area contributed by atoms with Gasteiger partial charge in [-0.1, -0.05) is 18.2 Å². The van der Waals surface area contributed by atoms with E-state index in [1.807, 2.05) is 30.3 Å². The molecule has 0 amide bonds. The van der Waals surface area contributed by atoms with Crippen molar-refractivity contribution in [3.63, 3.8) is 0 Å². The van der Waals surface area contributed by atoms with Crippen molar-refractivity contribution < 1.29 is 23.6 Å². The fourth-order valence-electron chi connectivity index (χ4n) is 2.18. The van der Waals surface area contributed by atoms with Crippen LogP contribution in [0.1, 0.15) is 18.9 Å². The van der Waals surface area contributed by atoms with E-state index < -0.39 is 17.0 Å². The first kappa shape index (κ1) is 18.1. The van der Waals surface area contributed by atoms with Crippen LogP contribution in [-0.4, -0.2) is 27.7 Å². The molecule has 138 valence electrons. The molecule has 2 aromatic carbocycles. The van der Waals surface area contributed by atoms with Crippen LogP contribution in [-0.2, 0) is 9.53 Å². The SMILES string of the molecule is C[C@@H](OC(=O)COc1ccc([N+](=O)[O-])cc1)c1nnc(-c2ccccc2)o1. The number of benzene rings is 2. The third-order valence-electron chi connectivity index (χ3n) is 3.52. The molecule has 1 heterocycles. The van der Waals surface area contributed by atoms with Gasteiger partial charge < -0.3 is 13.9 Å².